The van der Waals surface area contributed by atoms with Crippen molar-refractivity contribution in [1.29, 1.82) is 0 Å². The minimum absolute atomic E-state index is 0.203. The normalized spacial score (nSPS) is 18.9. The number of aryl methyl sites for hydroxylation is 2. The Balaban J connectivity index is 2.23. The third-order valence-corrected chi connectivity index (χ3v) is 4.96. The highest BCUT2D eigenvalue weighted by molar-refractivity contribution is 5.88. The number of aromatic nitrogens is 1. The van der Waals surface area contributed by atoms with Gasteiger partial charge in [0, 0.05) is 28.6 Å². The van der Waals surface area contributed by atoms with Gasteiger partial charge in [-0.3, -0.25) is 0 Å². The van der Waals surface area contributed by atoms with E-state index in [1.165, 1.54) is 59.8 Å². The van der Waals surface area contributed by atoms with Crippen LogP contribution in [0.25, 0.3) is 10.9 Å². The lowest BCUT2D eigenvalue weighted by molar-refractivity contribution is 0.302. The van der Waals surface area contributed by atoms with Crippen LogP contribution in [0, 0.1) is 13.8 Å². The summed E-state index contributed by atoms with van der Waals surface area (Å²) in [6, 6.07) is 6.60. The van der Waals surface area contributed by atoms with Crippen LogP contribution < -0.4 is 5.73 Å². The molecule has 1 aliphatic carbocycles. The number of hydrogen-bond donors (Lipinski definition) is 2. The molecule has 19 heavy (non-hydrogen) atoms. The molecule has 1 aromatic carbocycles. The van der Waals surface area contributed by atoms with Crippen molar-refractivity contribution in [3.8, 4) is 0 Å². The Bertz CT molecular complexity index is 589. The number of benzene rings is 1. The van der Waals surface area contributed by atoms with Gasteiger partial charge in [-0.1, -0.05) is 37.5 Å². The number of nitrogens with two attached hydrogens (primary N) is 1. The van der Waals surface area contributed by atoms with Gasteiger partial charge in [-0.15, -0.1) is 0 Å². The van der Waals surface area contributed by atoms with Crippen molar-refractivity contribution < 1.29 is 0 Å². The molecule has 1 aromatic heterocycles. The molecule has 0 bridgehead atoms. The highest BCUT2D eigenvalue weighted by atomic mass is 14.7. The van der Waals surface area contributed by atoms with Crippen LogP contribution in [-0.2, 0) is 5.41 Å². The van der Waals surface area contributed by atoms with E-state index in [1.54, 1.807) is 0 Å². The second-order valence-electron chi connectivity index (χ2n) is 6.17. The molecule has 2 heteroatoms. The molecule has 1 heterocycles. The summed E-state index contributed by atoms with van der Waals surface area (Å²) in [5.74, 6) is 0. The van der Waals surface area contributed by atoms with Crippen LogP contribution in [0.1, 0.15) is 48.9 Å². The Labute approximate surface area is 115 Å². The second kappa shape index (κ2) is 4.68. The number of nitrogens with one attached hydrogen (secondary N) is 1. The predicted molar refractivity (Wildman–Crippen MR) is 81.6 cm³/mol. The standard InChI is InChI=1S/C17H24N2/c1-12-7-6-8-14-15(13(2)19-16(12)14)17(11-18)9-4-3-5-10-17/h6-8,19H,3-5,9-11,18H2,1-2H3. The molecular weight excluding hydrogens is 232 g/mol. The van der Waals surface area contributed by atoms with Gasteiger partial charge in [0.25, 0.3) is 0 Å². The Kier molecular flexibility index (Phi) is 3.14. The summed E-state index contributed by atoms with van der Waals surface area (Å²) in [7, 11) is 0. The molecular formula is C17H24N2. The van der Waals surface area contributed by atoms with Crippen LogP contribution >= 0.6 is 0 Å². The maximum Gasteiger partial charge on any atom is 0.0488 e. The zero-order valence-electron chi connectivity index (χ0n) is 12.1. The molecule has 2 nitrogen and oxygen atoms in total. The van der Waals surface area contributed by atoms with Gasteiger partial charge >= 0.3 is 0 Å². The van der Waals surface area contributed by atoms with E-state index in [9.17, 15) is 0 Å². The number of rotatable bonds is 2. The maximum atomic E-state index is 6.21. The zero-order valence-corrected chi connectivity index (χ0v) is 12.1. The van der Waals surface area contributed by atoms with Crippen molar-refractivity contribution in [3.63, 3.8) is 0 Å². The van der Waals surface area contributed by atoms with Crippen molar-refractivity contribution in [2.75, 3.05) is 6.54 Å². The van der Waals surface area contributed by atoms with Gasteiger partial charge < -0.3 is 10.7 Å². The summed E-state index contributed by atoms with van der Waals surface area (Å²) in [6.45, 7) is 5.16. The summed E-state index contributed by atoms with van der Waals surface area (Å²) < 4.78 is 0. The molecule has 0 aliphatic heterocycles. The van der Waals surface area contributed by atoms with Crippen molar-refractivity contribution in [2.45, 2.75) is 51.4 Å². The van der Waals surface area contributed by atoms with Crippen molar-refractivity contribution in [2.24, 2.45) is 5.73 Å². The highest BCUT2D eigenvalue weighted by Gasteiger charge is 2.36. The second-order valence-corrected chi connectivity index (χ2v) is 6.17. The van der Waals surface area contributed by atoms with E-state index in [4.69, 9.17) is 5.73 Å². The number of para-hydroxylation sites is 1. The van der Waals surface area contributed by atoms with Gasteiger partial charge in [-0.25, -0.2) is 0 Å². The molecule has 0 spiro atoms. The van der Waals surface area contributed by atoms with Crippen molar-refractivity contribution >= 4 is 10.9 Å². The van der Waals surface area contributed by atoms with Gasteiger partial charge in [0.2, 0.25) is 0 Å². The minimum atomic E-state index is 0.203. The van der Waals surface area contributed by atoms with E-state index in [0.717, 1.165) is 6.54 Å². The van der Waals surface area contributed by atoms with Gasteiger partial charge in [-0.2, -0.15) is 0 Å². The third-order valence-electron chi connectivity index (χ3n) is 4.96. The molecule has 2 aromatic rings. The summed E-state index contributed by atoms with van der Waals surface area (Å²) in [5.41, 5.74) is 11.9. The first-order valence-corrected chi connectivity index (χ1v) is 7.46. The molecule has 1 saturated carbocycles. The van der Waals surface area contributed by atoms with E-state index in [2.05, 4.69) is 37.0 Å². The Morgan fingerprint density at radius 2 is 1.89 bits per heavy atom. The number of hydrogen-bond acceptors (Lipinski definition) is 1. The molecule has 3 N–H and O–H groups in total. The molecule has 1 fully saturated rings. The Hall–Kier alpha value is -1.28. The van der Waals surface area contributed by atoms with Gasteiger partial charge in [-0.05, 0) is 37.8 Å². The average molecular weight is 256 g/mol. The van der Waals surface area contributed by atoms with Crippen LogP contribution in [0.4, 0.5) is 0 Å². The Morgan fingerprint density at radius 3 is 2.58 bits per heavy atom. The molecule has 102 valence electrons. The van der Waals surface area contributed by atoms with Crippen LogP contribution in [0.2, 0.25) is 0 Å². The lowest BCUT2D eigenvalue weighted by Crippen LogP contribution is -2.37. The van der Waals surface area contributed by atoms with E-state index < -0.39 is 0 Å². The fraction of sp³-hybridized carbons (Fsp3) is 0.529. The lowest BCUT2D eigenvalue weighted by Gasteiger charge is -2.37. The Morgan fingerprint density at radius 1 is 1.16 bits per heavy atom. The third kappa shape index (κ3) is 1.90. The van der Waals surface area contributed by atoms with Crippen molar-refractivity contribution in [3.05, 3.63) is 35.0 Å². The fourth-order valence-electron chi connectivity index (χ4n) is 3.96. The zero-order chi connectivity index (χ0) is 13.5. The predicted octanol–water partition coefficient (Wildman–Crippen LogP) is 3.95. The lowest BCUT2D eigenvalue weighted by atomic mass is 9.68. The number of fused-ring (bicyclic) bond motifs is 1. The summed E-state index contributed by atoms with van der Waals surface area (Å²) in [6.07, 6.45) is 6.48. The monoisotopic (exact) mass is 256 g/mol. The van der Waals surface area contributed by atoms with E-state index in [1.807, 2.05) is 0 Å². The molecule has 3 rings (SSSR count). The van der Waals surface area contributed by atoms with Gasteiger partial charge in [0.1, 0.15) is 0 Å². The number of aromatic amines is 1. The molecule has 0 unspecified atom stereocenters. The van der Waals surface area contributed by atoms with E-state index in [0.29, 0.717) is 0 Å². The average Bonchev–Trinajstić information content (AvgIpc) is 2.78. The maximum absolute atomic E-state index is 6.21. The topological polar surface area (TPSA) is 41.8 Å². The van der Waals surface area contributed by atoms with Crippen LogP contribution in [0.15, 0.2) is 18.2 Å². The van der Waals surface area contributed by atoms with E-state index >= 15 is 0 Å². The van der Waals surface area contributed by atoms with Crippen molar-refractivity contribution in [1.82, 2.24) is 4.98 Å². The summed E-state index contributed by atoms with van der Waals surface area (Å²) in [5, 5.41) is 1.39. The fourth-order valence-corrected chi connectivity index (χ4v) is 3.96. The molecule has 0 atom stereocenters. The quantitative estimate of drug-likeness (QED) is 0.839. The molecule has 0 radical (unpaired) electrons. The van der Waals surface area contributed by atoms with Crippen LogP contribution in [0.5, 0.6) is 0 Å². The first-order chi connectivity index (χ1) is 9.18. The summed E-state index contributed by atoms with van der Waals surface area (Å²) in [4.78, 5) is 3.60. The molecule has 0 saturated heterocycles. The molecule has 0 amide bonds. The van der Waals surface area contributed by atoms with Crippen LogP contribution in [-0.4, -0.2) is 11.5 Å². The molecule has 1 aliphatic rings. The largest absolute Gasteiger partial charge is 0.358 e. The smallest absolute Gasteiger partial charge is 0.0488 e. The SMILES string of the molecule is Cc1[nH]c2c(C)cccc2c1C1(CN)CCCCC1. The minimum Gasteiger partial charge on any atom is -0.358 e. The number of H-pyrrole nitrogens is 1. The van der Waals surface area contributed by atoms with Crippen LogP contribution in [0.3, 0.4) is 0 Å². The van der Waals surface area contributed by atoms with Gasteiger partial charge in [0.15, 0.2) is 0 Å². The first-order valence-electron chi connectivity index (χ1n) is 7.46. The summed E-state index contributed by atoms with van der Waals surface area (Å²) >= 11 is 0. The van der Waals surface area contributed by atoms with E-state index in [-0.39, 0.29) is 5.41 Å². The highest BCUT2D eigenvalue weighted by Crippen LogP contribution is 2.43. The van der Waals surface area contributed by atoms with Gasteiger partial charge in [0.05, 0.1) is 0 Å². The first kappa shape index (κ1) is 12.7.